The molecule has 0 aliphatic rings. The maximum absolute atomic E-state index is 12.3. The number of hydrogen-bond donors (Lipinski definition) is 1. The first-order chi connectivity index (χ1) is 12.3. The quantitative estimate of drug-likeness (QED) is 0.761. The lowest BCUT2D eigenvalue weighted by atomic mass is 9.86. The van der Waals surface area contributed by atoms with Crippen LogP contribution in [-0.4, -0.2) is 17.6 Å². The second-order valence-electron chi connectivity index (χ2n) is 7.17. The first-order valence-corrected chi connectivity index (χ1v) is 9.52. The molecule has 0 spiro atoms. The summed E-state index contributed by atoms with van der Waals surface area (Å²) in [6, 6.07) is 16.7. The van der Waals surface area contributed by atoms with Crippen molar-refractivity contribution in [3.63, 3.8) is 0 Å². The van der Waals surface area contributed by atoms with Gasteiger partial charge < -0.3 is 15.2 Å². The van der Waals surface area contributed by atoms with Gasteiger partial charge in [0.1, 0.15) is 0 Å². The van der Waals surface area contributed by atoms with Gasteiger partial charge in [-0.1, -0.05) is 63.2 Å². The number of carbonyl (C=O) groups excluding carboxylic acids is 2. The summed E-state index contributed by atoms with van der Waals surface area (Å²) in [4.78, 5) is 24.4. The van der Waals surface area contributed by atoms with E-state index in [4.69, 9.17) is 0 Å². The highest BCUT2D eigenvalue weighted by atomic mass is 32.2. The van der Waals surface area contributed by atoms with Crippen molar-refractivity contribution >= 4 is 23.6 Å². The topological polar surface area (TPSA) is 69.2 Å². The van der Waals surface area contributed by atoms with Crippen LogP contribution in [0.25, 0.3) is 0 Å². The predicted octanol–water partition coefficient (Wildman–Crippen LogP) is 3.07. The van der Waals surface area contributed by atoms with Crippen LogP contribution in [0.3, 0.4) is 0 Å². The summed E-state index contributed by atoms with van der Waals surface area (Å²) in [7, 11) is 0. The molecule has 4 nitrogen and oxygen atoms in total. The van der Waals surface area contributed by atoms with E-state index >= 15 is 0 Å². The summed E-state index contributed by atoms with van der Waals surface area (Å²) < 4.78 is 0. The summed E-state index contributed by atoms with van der Waals surface area (Å²) >= 11 is 1.42. The third kappa shape index (κ3) is 6.23. The lowest BCUT2D eigenvalue weighted by Crippen LogP contribution is -2.35. The van der Waals surface area contributed by atoms with E-state index in [1.165, 1.54) is 11.8 Å². The van der Waals surface area contributed by atoms with Crippen LogP contribution in [-0.2, 0) is 15.0 Å². The van der Waals surface area contributed by atoms with Gasteiger partial charge >= 0.3 is 0 Å². The number of carboxylic acid groups (broad SMARTS) is 1. The molecule has 0 radical (unpaired) electrons. The number of carbonyl (C=O) groups is 2. The second-order valence-corrected chi connectivity index (χ2v) is 8.22. The fourth-order valence-corrected chi connectivity index (χ4v) is 3.27. The van der Waals surface area contributed by atoms with E-state index in [1.54, 1.807) is 0 Å². The molecule has 1 N–H and O–H groups in total. The van der Waals surface area contributed by atoms with Gasteiger partial charge in [-0.15, -0.1) is 11.8 Å². The largest absolute Gasteiger partial charge is 0.550 e. The Morgan fingerprint density at radius 1 is 1.04 bits per heavy atom. The molecule has 0 saturated heterocycles. The van der Waals surface area contributed by atoms with E-state index < -0.39 is 12.0 Å². The Bertz CT molecular complexity index is 736. The molecule has 0 bridgehead atoms. The molecule has 2 aromatic rings. The smallest absolute Gasteiger partial charge is 0.230 e. The number of nitrogens with one attached hydrogen (secondary N) is 1. The van der Waals surface area contributed by atoms with Crippen molar-refractivity contribution in [2.75, 3.05) is 5.75 Å². The first kappa shape index (κ1) is 20.0. The first-order valence-electron chi connectivity index (χ1n) is 8.53. The number of benzene rings is 2. The average Bonchev–Trinajstić information content (AvgIpc) is 2.59. The van der Waals surface area contributed by atoms with Gasteiger partial charge in [-0.3, -0.25) is 4.79 Å². The molecule has 5 heteroatoms. The maximum atomic E-state index is 12.3. The van der Waals surface area contributed by atoms with Crippen molar-refractivity contribution in [3.05, 3.63) is 65.7 Å². The molecular weight excluding hydrogens is 346 g/mol. The molecule has 1 amide bonds. The summed E-state index contributed by atoms with van der Waals surface area (Å²) in [5.74, 6) is -1.16. The fraction of sp³-hybridized carbons (Fsp3) is 0.333. The van der Waals surface area contributed by atoms with Gasteiger partial charge in [-0.25, -0.2) is 0 Å². The highest BCUT2D eigenvalue weighted by Gasteiger charge is 2.18. The van der Waals surface area contributed by atoms with Crippen molar-refractivity contribution in [1.82, 2.24) is 5.32 Å². The van der Waals surface area contributed by atoms with E-state index in [1.807, 2.05) is 54.6 Å². The average molecular weight is 370 g/mol. The van der Waals surface area contributed by atoms with E-state index in [-0.39, 0.29) is 23.5 Å². The molecule has 0 heterocycles. The van der Waals surface area contributed by atoms with Gasteiger partial charge in [0.2, 0.25) is 5.91 Å². The molecule has 138 valence electrons. The van der Waals surface area contributed by atoms with Crippen LogP contribution < -0.4 is 10.4 Å². The SMILES string of the molecule is CC(C)(C)c1ccc([C@H](CC(=O)[O-])NC(=O)CSc2ccccc2)cc1. The Hall–Kier alpha value is -2.27. The molecule has 2 rings (SSSR count). The number of amides is 1. The number of thioether (sulfide) groups is 1. The van der Waals surface area contributed by atoms with Gasteiger partial charge in [-0.2, -0.15) is 0 Å². The molecular formula is C21H24NO3S-. The van der Waals surface area contributed by atoms with Crippen molar-refractivity contribution < 1.29 is 14.7 Å². The molecule has 2 aromatic carbocycles. The predicted molar refractivity (Wildman–Crippen MR) is 103 cm³/mol. The highest BCUT2D eigenvalue weighted by molar-refractivity contribution is 8.00. The summed E-state index contributed by atoms with van der Waals surface area (Å²) in [6.45, 7) is 6.34. The van der Waals surface area contributed by atoms with E-state index in [0.717, 1.165) is 16.0 Å². The summed E-state index contributed by atoms with van der Waals surface area (Å²) in [5.41, 5.74) is 1.93. The molecule has 0 aromatic heterocycles. The Balaban J connectivity index is 2.04. The Kier molecular flexibility index (Phi) is 6.86. The van der Waals surface area contributed by atoms with Crippen molar-refractivity contribution in [2.24, 2.45) is 0 Å². The Morgan fingerprint density at radius 2 is 1.65 bits per heavy atom. The van der Waals surface area contributed by atoms with Crippen LogP contribution in [0.5, 0.6) is 0 Å². The van der Waals surface area contributed by atoms with Crippen LogP contribution in [0.1, 0.15) is 44.4 Å². The van der Waals surface area contributed by atoms with Gasteiger partial charge in [0.25, 0.3) is 0 Å². The van der Waals surface area contributed by atoms with Crippen LogP contribution in [0.15, 0.2) is 59.5 Å². The van der Waals surface area contributed by atoms with Crippen LogP contribution in [0.4, 0.5) is 0 Å². The minimum Gasteiger partial charge on any atom is -0.550 e. The zero-order chi connectivity index (χ0) is 19.2. The fourth-order valence-electron chi connectivity index (χ4n) is 2.54. The molecule has 0 aliphatic carbocycles. The van der Waals surface area contributed by atoms with E-state index in [0.29, 0.717) is 0 Å². The van der Waals surface area contributed by atoms with Crippen molar-refractivity contribution in [3.8, 4) is 0 Å². The van der Waals surface area contributed by atoms with E-state index in [2.05, 4.69) is 26.1 Å². The van der Waals surface area contributed by atoms with Gasteiger partial charge in [-0.05, 0) is 28.7 Å². The van der Waals surface area contributed by atoms with Gasteiger partial charge in [0.15, 0.2) is 0 Å². The minimum absolute atomic E-state index is 0.0119. The number of rotatable bonds is 7. The molecule has 0 aliphatic heterocycles. The monoisotopic (exact) mass is 370 g/mol. The van der Waals surface area contributed by atoms with Crippen molar-refractivity contribution in [1.29, 1.82) is 0 Å². The molecule has 1 atom stereocenters. The summed E-state index contributed by atoms with van der Waals surface area (Å²) in [5, 5.41) is 13.9. The maximum Gasteiger partial charge on any atom is 0.230 e. The molecule has 0 fully saturated rings. The standard InChI is InChI=1S/C21H25NO3S/c1-21(2,3)16-11-9-15(10-12-16)18(13-20(24)25)22-19(23)14-26-17-7-5-4-6-8-17/h4-12,18H,13-14H2,1-3H3,(H,22,23)(H,24,25)/p-1/t18-/m0/s1. The molecule has 26 heavy (non-hydrogen) atoms. The molecule has 0 unspecified atom stereocenters. The Morgan fingerprint density at radius 3 is 2.19 bits per heavy atom. The zero-order valence-corrected chi connectivity index (χ0v) is 16.1. The van der Waals surface area contributed by atoms with Crippen LogP contribution in [0.2, 0.25) is 0 Å². The summed E-state index contributed by atoms with van der Waals surface area (Å²) in [6.07, 6.45) is -0.253. The van der Waals surface area contributed by atoms with E-state index in [9.17, 15) is 14.7 Å². The lowest BCUT2D eigenvalue weighted by molar-refractivity contribution is -0.306. The minimum atomic E-state index is -1.19. The van der Waals surface area contributed by atoms with Gasteiger partial charge in [0.05, 0.1) is 11.8 Å². The second kappa shape index (κ2) is 8.90. The number of hydrogen-bond acceptors (Lipinski definition) is 4. The number of aliphatic carboxylic acids is 1. The third-order valence-corrected chi connectivity index (χ3v) is 5.01. The Labute approximate surface area is 159 Å². The van der Waals surface area contributed by atoms with Crippen LogP contribution in [0, 0.1) is 0 Å². The molecule has 0 saturated carbocycles. The van der Waals surface area contributed by atoms with Gasteiger partial charge in [0, 0.05) is 17.3 Å². The highest BCUT2D eigenvalue weighted by Crippen LogP contribution is 2.25. The normalized spacial score (nSPS) is 12.4. The lowest BCUT2D eigenvalue weighted by Gasteiger charge is -2.23. The number of carboxylic acids is 1. The van der Waals surface area contributed by atoms with Crippen LogP contribution >= 0.6 is 11.8 Å². The van der Waals surface area contributed by atoms with Crippen molar-refractivity contribution in [2.45, 2.75) is 43.5 Å². The third-order valence-electron chi connectivity index (χ3n) is 4.00. The zero-order valence-electron chi connectivity index (χ0n) is 15.3.